The van der Waals surface area contributed by atoms with Gasteiger partial charge in [-0.05, 0) is 37.1 Å². The van der Waals surface area contributed by atoms with Crippen molar-refractivity contribution in [2.24, 2.45) is 11.3 Å². The van der Waals surface area contributed by atoms with Crippen LogP contribution >= 0.6 is 11.6 Å². The van der Waals surface area contributed by atoms with E-state index < -0.39 is 0 Å². The molecule has 2 unspecified atom stereocenters. The summed E-state index contributed by atoms with van der Waals surface area (Å²) in [4.78, 5) is 0. The van der Waals surface area contributed by atoms with Crippen LogP contribution in [0.3, 0.4) is 0 Å². The van der Waals surface area contributed by atoms with Crippen LogP contribution in [0.4, 0.5) is 0 Å². The molecule has 4 heteroatoms. The van der Waals surface area contributed by atoms with E-state index in [1.54, 1.807) is 6.20 Å². The second-order valence-electron chi connectivity index (χ2n) is 6.33. The molecule has 0 radical (unpaired) electrons. The molecule has 1 aromatic heterocycles. The Morgan fingerprint density at radius 3 is 2.68 bits per heavy atom. The summed E-state index contributed by atoms with van der Waals surface area (Å²) >= 11 is 6.40. The quantitative estimate of drug-likeness (QED) is 0.819. The fourth-order valence-corrected chi connectivity index (χ4v) is 3.14. The summed E-state index contributed by atoms with van der Waals surface area (Å²) in [5, 5.41) is 8.93. The Kier molecular flexibility index (Phi) is 4.57. The van der Waals surface area contributed by atoms with Gasteiger partial charge in [0.15, 0.2) is 0 Å². The summed E-state index contributed by atoms with van der Waals surface area (Å²) in [5.41, 5.74) is 1.61. The third kappa shape index (κ3) is 3.14. The van der Waals surface area contributed by atoms with E-state index in [0.717, 1.165) is 31.0 Å². The molecular formula is C15H26ClN3. The van der Waals surface area contributed by atoms with Gasteiger partial charge in [0.05, 0.1) is 23.0 Å². The minimum absolute atomic E-state index is 0.344. The Labute approximate surface area is 121 Å². The number of halogens is 1. The number of nitrogens with one attached hydrogen (secondary N) is 1. The highest BCUT2D eigenvalue weighted by Gasteiger charge is 2.51. The van der Waals surface area contributed by atoms with Crippen LogP contribution in [-0.2, 0) is 6.54 Å². The summed E-state index contributed by atoms with van der Waals surface area (Å²) in [6.07, 6.45) is 5.29. The summed E-state index contributed by atoms with van der Waals surface area (Å²) in [5.74, 6) is 0.670. The number of rotatable bonds is 7. The molecule has 1 aromatic rings. The zero-order chi connectivity index (χ0) is 14.0. The topological polar surface area (TPSA) is 29.9 Å². The molecule has 108 valence electrons. The van der Waals surface area contributed by atoms with Crippen molar-refractivity contribution in [2.75, 3.05) is 6.54 Å². The van der Waals surface area contributed by atoms with Crippen LogP contribution in [0, 0.1) is 11.3 Å². The molecule has 19 heavy (non-hydrogen) atoms. The van der Waals surface area contributed by atoms with Gasteiger partial charge in [0, 0.05) is 6.54 Å². The summed E-state index contributed by atoms with van der Waals surface area (Å²) in [7, 11) is 0. The second-order valence-corrected chi connectivity index (χ2v) is 6.74. The smallest absolute Gasteiger partial charge is 0.0834 e. The highest BCUT2D eigenvalue weighted by atomic mass is 35.5. The highest BCUT2D eigenvalue weighted by Crippen LogP contribution is 2.58. The lowest BCUT2D eigenvalue weighted by molar-refractivity contribution is 0.387. The Morgan fingerprint density at radius 2 is 2.16 bits per heavy atom. The summed E-state index contributed by atoms with van der Waals surface area (Å²) < 4.78 is 2.09. The zero-order valence-electron chi connectivity index (χ0n) is 12.5. The average Bonchev–Trinajstić information content (AvgIpc) is 2.83. The first kappa shape index (κ1) is 14.9. The molecule has 0 amide bonds. The van der Waals surface area contributed by atoms with E-state index >= 15 is 0 Å². The van der Waals surface area contributed by atoms with E-state index in [1.807, 2.05) is 0 Å². The molecule has 2 atom stereocenters. The Hall–Kier alpha value is -0.540. The predicted octanol–water partition coefficient (Wildman–Crippen LogP) is 4.03. The number of hydrogen-bond acceptors (Lipinski definition) is 2. The maximum Gasteiger partial charge on any atom is 0.0834 e. The maximum absolute atomic E-state index is 6.40. The van der Waals surface area contributed by atoms with E-state index in [0.29, 0.717) is 17.4 Å². The molecule has 0 aromatic carbocycles. The lowest BCUT2D eigenvalue weighted by atomic mass is 10.0. The van der Waals surface area contributed by atoms with Crippen molar-refractivity contribution in [3.63, 3.8) is 0 Å². The van der Waals surface area contributed by atoms with Gasteiger partial charge in [0.2, 0.25) is 0 Å². The van der Waals surface area contributed by atoms with Gasteiger partial charge < -0.3 is 5.32 Å². The minimum Gasteiger partial charge on any atom is -0.308 e. The first-order valence-corrected chi connectivity index (χ1v) is 7.83. The molecule has 1 heterocycles. The third-order valence-corrected chi connectivity index (χ3v) is 4.46. The van der Waals surface area contributed by atoms with E-state index in [2.05, 4.69) is 42.8 Å². The van der Waals surface area contributed by atoms with Gasteiger partial charge >= 0.3 is 0 Å². The molecule has 1 aliphatic rings. The molecule has 0 bridgehead atoms. The molecular weight excluding hydrogens is 258 g/mol. The number of nitrogens with zero attached hydrogens (tertiary/aromatic N) is 2. The largest absolute Gasteiger partial charge is 0.308 e. The van der Waals surface area contributed by atoms with Crippen LogP contribution in [0.1, 0.15) is 58.7 Å². The normalized spacial score (nSPS) is 22.5. The maximum atomic E-state index is 6.40. The van der Waals surface area contributed by atoms with Crippen molar-refractivity contribution in [1.82, 2.24) is 15.1 Å². The van der Waals surface area contributed by atoms with Crippen LogP contribution in [0.5, 0.6) is 0 Å². The first-order valence-electron chi connectivity index (χ1n) is 7.45. The summed E-state index contributed by atoms with van der Waals surface area (Å²) in [6, 6.07) is 0.344. The van der Waals surface area contributed by atoms with Crippen LogP contribution in [0.25, 0.3) is 0 Å². The second kappa shape index (κ2) is 5.84. The van der Waals surface area contributed by atoms with Crippen LogP contribution in [0.15, 0.2) is 6.20 Å². The lowest BCUT2D eigenvalue weighted by Gasteiger charge is -2.22. The van der Waals surface area contributed by atoms with Crippen molar-refractivity contribution < 1.29 is 0 Å². The number of aryl methyl sites for hydroxylation is 1. The number of hydrogen-bond donors (Lipinski definition) is 1. The molecule has 1 N–H and O–H groups in total. The van der Waals surface area contributed by atoms with E-state index in [-0.39, 0.29) is 0 Å². The van der Waals surface area contributed by atoms with Gasteiger partial charge in [0.25, 0.3) is 0 Å². The van der Waals surface area contributed by atoms with Gasteiger partial charge in [0.1, 0.15) is 0 Å². The van der Waals surface area contributed by atoms with E-state index in [9.17, 15) is 0 Å². The Morgan fingerprint density at radius 1 is 1.47 bits per heavy atom. The fraction of sp³-hybridized carbons (Fsp3) is 0.800. The minimum atomic E-state index is 0.344. The molecule has 3 nitrogen and oxygen atoms in total. The summed E-state index contributed by atoms with van der Waals surface area (Å²) in [6.45, 7) is 11.0. The molecule has 1 fully saturated rings. The Balaban J connectivity index is 2.24. The molecule has 0 spiro atoms. The predicted molar refractivity (Wildman–Crippen MR) is 80.5 cm³/mol. The van der Waals surface area contributed by atoms with Crippen molar-refractivity contribution in [1.29, 1.82) is 0 Å². The monoisotopic (exact) mass is 283 g/mol. The van der Waals surface area contributed by atoms with Crippen LogP contribution < -0.4 is 5.32 Å². The van der Waals surface area contributed by atoms with E-state index in [4.69, 9.17) is 11.6 Å². The van der Waals surface area contributed by atoms with Crippen molar-refractivity contribution >= 4 is 11.6 Å². The highest BCUT2D eigenvalue weighted by molar-refractivity contribution is 6.31. The standard InChI is InChI=1S/C15H26ClN3/c1-5-7-17-13(11-9-15(11,3)4)14-12(16)10-18-19(14)8-6-2/h10-11,13,17H,5-9H2,1-4H3. The van der Waals surface area contributed by atoms with E-state index in [1.165, 1.54) is 12.1 Å². The fourth-order valence-electron chi connectivity index (χ4n) is 2.88. The third-order valence-electron chi connectivity index (χ3n) is 4.17. The van der Waals surface area contributed by atoms with Crippen molar-refractivity contribution in [2.45, 2.75) is 59.5 Å². The average molecular weight is 284 g/mol. The zero-order valence-corrected chi connectivity index (χ0v) is 13.3. The molecule has 1 saturated carbocycles. The molecule has 1 aliphatic carbocycles. The lowest BCUT2D eigenvalue weighted by Crippen LogP contribution is -2.28. The van der Waals surface area contributed by atoms with Gasteiger partial charge in [-0.2, -0.15) is 5.10 Å². The van der Waals surface area contributed by atoms with Crippen LogP contribution in [-0.4, -0.2) is 16.3 Å². The number of aromatic nitrogens is 2. The van der Waals surface area contributed by atoms with Crippen molar-refractivity contribution in [3.8, 4) is 0 Å². The molecule has 2 rings (SSSR count). The molecule has 0 saturated heterocycles. The SMILES string of the molecule is CCCNC(c1c(Cl)cnn1CCC)C1CC1(C)C. The van der Waals surface area contributed by atoms with Crippen LogP contribution in [0.2, 0.25) is 5.02 Å². The first-order chi connectivity index (χ1) is 9.01. The Bertz CT molecular complexity index is 425. The van der Waals surface area contributed by atoms with Crippen molar-refractivity contribution in [3.05, 3.63) is 16.9 Å². The van der Waals surface area contributed by atoms with Gasteiger partial charge in [-0.25, -0.2) is 0 Å². The van der Waals surface area contributed by atoms with Gasteiger partial charge in [-0.15, -0.1) is 0 Å². The molecule has 0 aliphatic heterocycles. The van der Waals surface area contributed by atoms with Gasteiger partial charge in [-0.1, -0.05) is 39.3 Å². The van der Waals surface area contributed by atoms with Gasteiger partial charge in [-0.3, -0.25) is 4.68 Å².